The number of carbonyl (C=O) groups excluding carboxylic acids is 2. The van der Waals surface area contributed by atoms with Crippen molar-refractivity contribution in [3.05, 3.63) is 11.9 Å². The van der Waals surface area contributed by atoms with E-state index in [4.69, 9.17) is 0 Å². The fourth-order valence-corrected chi connectivity index (χ4v) is 2.78. The molecule has 0 aromatic carbocycles. The first kappa shape index (κ1) is 18.4. The summed E-state index contributed by atoms with van der Waals surface area (Å²) in [4.78, 5) is 24.0. The lowest BCUT2D eigenvalue weighted by Crippen LogP contribution is -2.43. The Labute approximate surface area is 143 Å². The molecule has 2 N–H and O–H groups in total. The molecule has 1 heterocycles. The van der Waals surface area contributed by atoms with Gasteiger partial charge in [0.15, 0.2) is 5.69 Å². The lowest BCUT2D eigenvalue weighted by atomic mass is 9.89. The predicted molar refractivity (Wildman–Crippen MR) is 91.5 cm³/mol. The van der Waals surface area contributed by atoms with Crippen molar-refractivity contribution in [3.8, 4) is 0 Å². The highest BCUT2D eigenvalue weighted by Crippen LogP contribution is 2.28. The van der Waals surface area contributed by atoms with Crippen molar-refractivity contribution < 1.29 is 9.59 Å². The van der Waals surface area contributed by atoms with Crippen molar-refractivity contribution >= 4 is 11.8 Å². The van der Waals surface area contributed by atoms with E-state index in [-0.39, 0.29) is 35.4 Å². The van der Waals surface area contributed by atoms with E-state index in [2.05, 4.69) is 20.9 Å². The van der Waals surface area contributed by atoms with E-state index < -0.39 is 0 Å². The molecule has 0 atom stereocenters. The highest BCUT2D eigenvalue weighted by atomic mass is 16.2. The Hall–Kier alpha value is -1.92. The molecule has 0 bridgehead atoms. The maximum Gasteiger partial charge on any atom is 0.273 e. The summed E-state index contributed by atoms with van der Waals surface area (Å²) in [6.07, 6.45) is 5.39. The molecule has 1 aromatic rings. The Morgan fingerprint density at radius 2 is 1.83 bits per heavy atom. The van der Waals surface area contributed by atoms with E-state index >= 15 is 0 Å². The van der Waals surface area contributed by atoms with Crippen LogP contribution in [-0.4, -0.2) is 38.9 Å². The van der Waals surface area contributed by atoms with Gasteiger partial charge in [-0.2, -0.15) is 0 Å². The van der Waals surface area contributed by atoms with Crippen molar-refractivity contribution in [2.45, 2.75) is 78.4 Å². The molecule has 1 fully saturated rings. The highest BCUT2D eigenvalue weighted by Gasteiger charge is 2.28. The highest BCUT2D eigenvalue weighted by molar-refractivity contribution is 5.92. The Kier molecular flexibility index (Phi) is 5.62. The number of rotatable bonds is 4. The summed E-state index contributed by atoms with van der Waals surface area (Å²) in [7, 11) is 0. The smallest absolute Gasteiger partial charge is 0.273 e. The second kappa shape index (κ2) is 7.32. The fourth-order valence-electron chi connectivity index (χ4n) is 2.78. The molecule has 0 aliphatic heterocycles. The van der Waals surface area contributed by atoms with Crippen LogP contribution in [0.2, 0.25) is 0 Å². The third-order valence-corrected chi connectivity index (χ3v) is 4.25. The van der Waals surface area contributed by atoms with E-state index in [0.717, 1.165) is 25.7 Å². The van der Waals surface area contributed by atoms with Gasteiger partial charge in [-0.15, -0.1) is 5.10 Å². The van der Waals surface area contributed by atoms with Crippen molar-refractivity contribution in [1.29, 1.82) is 0 Å². The Balaban J connectivity index is 1.88. The van der Waals surface area contributed by atoms with Crippen molar-refractivity contribution in [2.24, 2.45) is 5.41 Å². The van der Waals surface area contributed by atoms with Gasteiger partial charge in [-0.1, -0.05) is 26.0 Å². The number of amides is 2. The molecule has 0 unspecified atom stereocenters. The topological polar surface area (TPSA) is 88.9 Å². The number of aromatic nitrogens is 3. The number of nitrogens with zero attached hydrogens (tertiary/aromatic N) is 3. The lowest BCUT2D eigenvalue weighted by Gasteiger charge is -2.31. The summed E-state index contributed by atoms with van der Waals surface area (Å²) in [5, 5.41) is 14.0. The Morgan fingerprint density at radius 3 is 2.38 bits per heavy atom. The van der Waals surface area contributed by atoms with Gasteiger partial charge in [-0.3, -0.25) is 9.59 Å². The molecule has 1 aliphatic rings. The van der Waals surface area contributed by atoms with Crippen molar-refractivity contribution in [3.63, 3.8) is 0 Å². The normalized spacial score (nSPS) is 21.6. The number of hydrogen-bond donors (Lipinski definition) is 2. The monoisotopic (exact) mass is 335 g/mol. The first-order valence-corrected chi connectivity index (χ1v) is 8.70. The van der Waals surface area contributed by atoms with Crippen LogP contribution in [0.5, 0.6) is 0 Å². The number of carbonyl (C=O) groups is 2. The predicted octanol–water partition coefficient (Wildman–Crippen LogP) is 2.06. The van der Waals surface area contributed by atoms with Crippen LogP contribution in [0.4, 0.5) is 0 Å². The minimum atomic E-state index is -0.360. The summed E-state index contributed by atoms with van der Waals surface area (Å²) >= 11 is 0. The molecule has 2 amide bonds. The summed E-state index contributed by atoms with van der Waals surface area (Å²) in [6.45, 7) is 9.60. The van der Waals surface area contributed by atoms with E-state index in [0.29, 0.717) is 5.69 Å². The minimum absolute atomic E-state index is 0.0736. The SMILES string of the molecule is CC(C)NC(=O)c1cn(C2CCC(NC(=O)C(C)(C)C)CC2)nn1. The molecule has 7 heteroatoms. The third-order valence-electron chi connectivity index (χ3n) is 4.25. The molecule has 7 nitrogen and oxygen atoms in total. The Morgan fingerprint density at radius 1 is 1.21 bits per heavy atom. The van der Waals surface area contributed by atoms with E-state index in [1.54, 1.807) is 10.9 Å². The largest absolute Gasteiger partial charge is 0.353 e. The van der Waals surface area contributed by atoms with Crippen LogP contribution in [0.3, 0.4) is 0 Å². The molecule has 1 saturated carbocycles. The summed E-state index contributed by atoms with van der Waals surface area (Å²) in [6, 6.07) is 0.533. The second-order valence-electron chi connectivity index (χ2n) is 7.94. The minimum Gasteiger partial charge on any atom is -0.353 e. The van der Waals surface area contributed by atoms with Gasteiger partial charge in [0.1, 0.15) is 0 Å². The molecule has 0 saturated heterocycles. The van der Waals surface area contributed by atoms with Crippen LogP contribution in [0.1, 0.15) is 76.8 Å². The summed E-state index contributed by atoms with van der Waals surface area (Å²) in [5.41, 5.74) is -0.00612. The number of nitrogens with one attached hydrogen (secondary N) is 2. The Bertz CT molecular complexity index is 580. The molecule has 0 radical (unpaired) electrons. The van der Waals surface area contributed by atoms with Crippen LogP contribution >= 0.6 is 0 Å². The first-order chi connectivity index (χ1) is 11.2. The molecule has 1 aromatic heterocycles. The van der Waals surface area contributed by atoms with Gasteiger partial charge >= 0.3 is 0 Å². The van der Waals surface area contributed by atoms with Crippen molar-refractivity contribution in [2.75, 3.05) is 0 Å². The van der Waals surface area contributed by atoms with Gasteiger partial charge in [-0.05, 0) is 39.5 Å². The van der Waals surface area contributed by atoms with Crippen LogP contribution in [0.15, 0.2) is 6.20 Å². The summed E-state index contributed by atoms with van der Waals surface area (Å²) < 4.78 is 1.79. The average molecular weight is 335 g/mol. The average Bonchev–Trinajstić information content (AvgIpc) is 2.96. The zero-order valence-electron chi connectivity index (χ0n) is 15.3. The molecule has 134 valence electrons. The molecular formula is C17H29N5O2. The maximum absolute atomic E-state index is 12.1. The molecule has 24 heavy (non-hydrogen) atoms. The quantitative estimate of drug-likeness (QED) is 0.881. The van der Waals surface area contributed by atoms with Gasteiger partial charge in [0.25, 0.3) is 5.91 Å². The van der Waals surface area contributed by atoms with E-state index in [9.17, 15) is 9.59 Å². The van der Waals surface area contributed by atoms with Gasteiger partial charge in [0.2, 0.25) is 5.91 Å². The molecule has 2 rings (SSSR count). The van der Waals surface area contributed by atoms with E-state index in [1.165, 1.54) is 0 Å². The second-order valence-corrected chi connectivity index (χ2v) is 7.94. The zero-order chi connectivity index (χ0) is 17.9. The van der Waals surface area contributed by atoms with Gasteiger partial charge in [-0.25, -0.2) is 4.68 Å². The van der Waals surface area contributed by atoms with Crippen LogP contribution in [0.25, 0.3) is 0 Å². The molecular weight excluding hydrogens is 306 g/mol. The van der Waals surface area contributed by atoms with Gasteiger partial charge in [0.05, 0.1) is 12.2 Å². The van der Waals surface area contributed by atoms with Crippen molar-refractivity contribution in [1.82, 2.24) is 25.6 Å². The van der Waals surface area contributed by atoms with Crippen LogP contribution in [0, 0.1) is 5.41 Å². The van der Waals surface area contributed by atoms with Gasteiger partial charge in [0, 0.05) is 17.5 Å². The number of hydrogen-bond acceptors (Lipinski definition) is 4. The lowest BCUT2D eigenvalue weighted by molar-refractivity contribution is -0.129. The first-order valence-electron chi connectivity index (χ1n) is 8.70. The molecule has 1 aliphatic carbocycles. The zero-order valence-corrected chi connectivity index (χ0v) is 15.3. The molecule has 0 spiro atoms. The van der Waals surface area contributed by atoms with Crippen LogP contribution in [-0.2, 0) is 4.79 Å². The van der Waals surface area contributed by atoms with Crippen LogP contribution < -0.4 is 10.6 Å². The maximum atomic E-state index is 12.1. The standard InChI is InChI=1S/C17H29N5O2/c1-11(2)18-15(23)14-10-22(21-20-14)13-8-6-12(7-9-13)19-16(24)17(3,4)5/h10-13H,6-9H2,1-5H3,(H,18,23)(H,19,24). The van der Waals surface area contributed by atoms with Gasteiger partial charge < -0.3 is 10.6 Å². The fraction of sp³-hybridized carbons (Fsp3) is 0.765. The third kappa shape index (κ3) is 4.79. The summed E-state index contributed by atoms with van der Waals surface area (Å²) in [5.74, 6) is -0.0956. The van der Waals surface area contributed by atoms with E-state index in [1.807, 2.05) is 34.6 Å².